The van der Waals surface area contributed by atoms with Gasteiger partial charge in [0.05, 0.1) is 21.1 Å². The van der Waals surface area contributed by atoms with E-state index in [-0.39, 0.29) is 21.6 Å². The zero-order valence-electron chi connectivity index (χ0n) is 9.36. The van der Waals surface area contributed by atoms with Gasteiger partial charge in [0.1, 0.15) is 4.33 Å². The molecule has 0 bridgehead atoms. The molecule has 0 aromatic heterocycles. The number of alkyl halides is 2. The molecule has 0 unspecified atom stereocenters. The maximum Gasteiger partial charge on any atom is 0.233 e. The van der Waals surface area contributed by atoms with Gasteiger partial charge in [-0.1, -0.05) is 23.2 Å². The maximum atomic E-state index is 12.0. The molecule has 0 saturated heterocycles. The molecule has 1 aromatic rings. The number of carbonyl (C=O) groups is 1. The first-order chi connectivity index (χ1) is 8.17. The van der Waals surface area contributed by atoms with Crippen LogP contribution in [0.25, 0.3) is 0 Å². The predicted octanol–water partition coefficient (Wildman–Crippen LogP) is 4.10. The number of halogens is 4. The monoisotopic (exact) mass is 326 g/mol. The second kappa shape index (κ2) is 4.34. The number of rotatable bonds is 2. The van der Waals surface area contributed by atoms with Gasteiger partial charge < -0.3 is 11.1 Å². The first kappa shape index (κ1) is 14.1. The second-order valence-corrected chi connectivity index (χ2v) is 6.82. The van der Waals surface area contributed by atoms with Crippen molar-refractivity contribution >= 4 is 63.7 Å². The molecule has 0 aliphatic heterocycles. The summed E-state index contributed by atoms with van der Waals surface area (Å²) < 4.78 is -1.02. The highest BCUT2D eigenvalue weighted by atomic mass is 35.5. The summed E-state index contributed by atoms with van der Waals surface area (Å²) in [6.07, 6.45) is 0.408. The SMILES string of the molecule is C[C@]1(C(=O)Nc2cc(Cl)c(N)c(Cl)c2)CC1(Cl)Cl. The van der Waals surface area contributed by atoms with Crippen LogP contribution in [0.3, 0.4) is 0 Å². The lowest BCUT2D eigenvalue weighted by atomic mass is 10.1. The van der Waals surface area contributed by atoms with E-state index in [0.29, 0.717) is 12.1 Å². The van der Waals surface area contributed by atoms with Crippen molar-refractivity contribution < 1.29 is 4.79 Å². The van der Waals surface area contributed by atoms with Gasteiger partial charge in [0.25, 0.3) is 0 Å². The number of nitrogens with two attached hydrogens (primary N) is 1. The van der Waals surface area contributed by atoms with Crippen molar-refractivity contribution in [2.24, 2.45) is 5.41 Å². The van der Waals surface area contributed by atoms with Gasteiger partial charge in [0.2, 0.25) is 5.91 Å². The largest absolute Gasteiger partial charge is 0.396 e. The molecule has 1 aromatic carbocycles. The third kappa shape index (κ3) is 2.25. The minimum absolute atomic E-state index is 0.274. The number of nitrogen functional groups attached to an aromatic ring is 1. The van der Waals surface area contributed by atoms with Crippen molar-refractivity contribution in [2.45, 2.75) is 17.7 Å². The lowest BCUT2D eigenvalue weighted by Gasteiger charge is -2.13. The number of amides is 1. The first-order valence-corrected chi connectivity index (χ1v) is 6.62. The molecule has 98 valence electrons. The topological polar surface area (TPSA) is 55.1 Å². The van der Waals surface area contributed by atoms with Crippen molar-refractivity contribution in [1.82, 2.24) is 0 Å². The Balaban J connectivity index is 2.19. The number of hydrogen-bond acceptors (Lipinski definition) is 2. The van der Waals surface area contributed by atoms with Crippen LogP contribution in [0, 0.1) is 5.41 Å². The molecule has 1 aliphatic rings. The van der Waals surface area contributed by atoms with Gasteiger partial charge in [0, 0.05) is 5.69 Å². The summed E-state index contributed by atoms with van der Waals surface area (Å²) in [5.41, 5.74) is 5.54. The fourth-order valence-electron chi connectivity index (χ4n) is 1.57. The highest BCUT2D eigenvalue weighted by molar-refractivity contribution is 6.53. The Morgan fingerprint density at radius 3 is 2.17 bits per heavy atom. The van der Waals surface area contributed by atoms with Gasteiger partial charge in [0.15, 0.2) is 0 Å². The van der Waals surface area contributed by atoms with E-state index in [9.17, 15) is 4.79 Å². The predicted molar refractivity (Wildman–Crippen MR) is 76.7 cm³/mol. The molecule has 3 N–H and O–H groups in total. The van der Waals surface area contributed by atoms with Crippen LogP contribution < -0.4 is 11.1 Å². The van der Waals surface area contributed by atoms with Gasteiger partial charge in [-0.15, -0.1) is 23.2 Å². The van der Waals surface area contributed by atoms with Gasteiger partial charge in [-0.3, -0.25) is 4.79 Å². The Hall–Kier alpha value is -0.350. The molecule has 2 rings (SSSR count). The molecule has 1 saturated carbocycles. The Morgan fingerprint density at radius 1 is 1.33 bits per heavy atom. The van der Waals surface area contributed by atoms with Crippen molar-refractivity contribution in [1.29, 1.82) is 0 Å². The van der Waals surface area contributed by atoms with E-state index >= 15 is 0 Å². The van der Waals surface area contributed by atoms with E-state index in [0.717, 1.165) is 0 Å². The van der Waals surface area contributed by atoms with Crippen LogP contribution in [0.5, 0.6) is 0 Å². The average Bonchev–Trinajstić information content (AvgIpc) is 2.76. The second-order valence-electron chi connectivity index (χ2n) is 4.52. The molecular weight excluding hydrogens is 318 g/mol. The zero-order chi connectivity index (χ0) is 13.7. The zero-order valence-corrected chi connectivity index (χ0v) is 12.4. The Bertz CT molecular complexity index is 509. The van der Waals surface area contributed by atoms with E-state index < -0.39 is 9.75 Å². The summed E-state index contributed by atoms with van der Waals surface area (Å²) in [5, 5.41) is 3.24. The molecule has 18 heavy (non-hydrogen) atoms. The van der Waals surface area contributed by atoms with Crippen LogP contribution in [0.1, 0.15) is 13.3 Å². The summed E-state index contributed by atoms with van der Waals surface area (Å²) in [4.78, 5) is 12.0. The van der Waals surface area contributed by atoms with Gasteiger partial charge >= 0.3 is 0 Å². The third-order valence-corrected chi connectivity index (χ3v) is 4.82. The average molecular weight is 328 g/mol. The van der Waals surface area contributed by atoms with Crippen LogP contribution in [0.2, 0.25) is 10.0 Å². The highest BCUT2D eigenvalue weighted by Crippen LogP contribution is 2.64. The normalized spacial score (nSPS) is 24.7. The molecule has 1 atom stereocenters. The van der Waals surface area contributed by atoms with E-state index in [4.69, 9.17) is 52.1 Å². The van der Waals surface area contributed by atoms with Crippen LogP contribution in [0.4, 0.5) is 11.4 Å². The maximum absolute atomic E-state index is 12.0. The molecule has 0 heterocycles. The van der Waals surface area contributed by atoms with Crippen molar-refractivity contribution in [3.8, 4) is 0 Å². The van der Waals surface area contributed by atoms with Gasteiger partial charge in [-0.2, -0.15) is 0 Å². The molecule has 1 aliphatic carbocycles. The summed E-state index contributed by atoms with van der Waals surface area (Å²) in [5.74, 6) is -0.274. The fourth-order valence-corrected chi connectivity index (χ4v) is 2.76. The van der Waals surface area contributed by atoms with E-state index in [1.165, 1.54) is 12.1 Å². The van der Waals surface area contributed by atoms with Crippen molar-refractivity contribution in [2.75, 3.05) is 11.1 Å². The Kier molecular flexibility index (Phi) is 3.39. The van der Waals surface area contributed by atoms with Crippen LogP contribution in [-0.4, -0.2) is 10.2 Å². The number of benzene rings is 1. The van der Waals surface area contributed by atoms with Gasteiger partial charge in [-0.05, 0) is 25.5 Å². The van der Waals surface area contributed by atoms with Crippen molar-refractivity contribution in [3.05, 3.63) is 22.2 Å². The standard InChI is InChI=1S/C11H10Cl4N2O/c1-10(4-11(10,14)15)9(18)17-5-2-6(12)8(16)7(13)3-5/h2-3H,4,16H2,1H3,(H,17,18)/t10-/m1/s1. The molecular formula is C11H10Cl4N2O. The lowest BCUT2D eigenvalue weighted by Crippen LogP contribution is -2.25. The summed E-state index contributed by atoms with van der Waals surface area (Å²) in [7, 11) is 0. The molecule has 3 nitrogen and oxygen atoms in total. The molecule has 0 spiro atoms. The summed E-state index contributed by atoms with van der Waals surface area (Å²) in [6.45, 7) is 1.70. The van der Waals surface area contributed by atoms with Crippen LogP contribution in [-0.2, 0) is 4.79 Å². The van der Waals surface area contributed by atoms with Crippen LogP contribution >= 0.6 is 46.4 Å². The third-order valence-electron chi connectivity index (χ3n) is 3.10. The van der Waals surface area contributed by atoms with E-state index in [1.54, 1.807) is 6.92 Å². The molecule has 1 amide bonds. The number of carbonyl (C=O) groups excluding carboxylic acids is 1. The van der Waals surface area contributed by atoms with Crippen LogP contribution in [0.15, 0.2) is 12.1 Å². The smallest absolute Gasteiger partial charge is 0.233 e. The highest BCUT2D eigenvalue weighted by Gasteiger charge is 2.67. The number of nitrogens with one attached hydrogen (secondary N) is 1. The molecule has 7 heteroatoms. The molecule has 1 fully saturated rings. The molecule has 0 radical (unpaired) electrons. The fraction of sp³-hybridized carbons (Fsp3) is 0.364. The number of anilines is 2. The minimum Gasteiger partial charge on any atom is -0.396 e. The minimum atomic E-state index is -1.02. The van der Waals surface area contributed by atoms with Gasteiger partial charge in [-0.25, -0.2) is 0 Å². The lowest BCUT2D eigenvalue weighted by molar-refractivity contribution is -0.120. The van der Waals surface area contributed by atoms with E-state index in [1.807, 2.05) is 0 Å². The Labute approximate surface area is 125 Å². The van der Waals surface area contributed by atoms with Crippen molar-refractivity contribution in [3.63, 3.8) is 0 Å². The first-order valence-electron chi connectivity index (χ1n) is 5.11. The Morgan fingerprint density at radius 2 is 1.78 bits per heavy atom. The quantitative estimate of drug-likeness (QED) is 0.634. The summed E-state index contributed by atoms with van der Waals surface area (Å²) in [6, 6.07) is 3.05. The summed E-state index contributed by atoms with van der Waals surface area (Å²) >= 11 is 23.6. The van der Waals surface area contributed by atoms with E-state index in [2.05, 4.69) is 5.32 Å². The number of hydrogen-bond donors (Lipinski definition) is 2.